The van der Waals surface area contributed by atoms with Crippen molar-refractivity contribution in [1.82, 2.24) is 5.32 Å². The maximum absolute atomic E-state index is 10.3. The van der Waals surface area contributed by atoms with Gasteiger partial charge in [-0.15, -0.1) is 0 Å². The molecule has 0 aliphatic carbocycles. The number of primary amides is 1. The van der Waals surface area contributed by atoms with E-state index in [1.807, 2.05) is 0 Å². The normalized spacial score (nSPS) is 20.1. The van der Waals surface area contributed by atoms with Crippen molar-refractivity contribution in [3.63, 3.8) is 0 Å². The van der Waals surface area contributed by atoms with Crippen LogP contribution in [0.1, 0.15) is 25.7 Å². The van der Waals surface area contributed by atoms with Gasteiger partial charge in [-0.25, -0.2) is 0 Å². The van der Waals surface area contributed by atoms with E-state index in [-0.39, 0.29) is 6.61 Å². The Balaban J connectivity index is 1.76. The lowest BCUT2D eigenvalue weighted by atomic mass is 10.1. The Morgan fingerprint density at radius 1 is 1.50 bits per heavy atom. The minimum atomic E-state index is -0.418. The summed E-state index contributed by atoms with van der Waals surface area (Å²) < 4.78 is 10.5. The number of rotatable bonds is 9. The average molecular weight is 230 g/mol. The summed E-state index contributed by atoms with van der Waals surface area (Å²) in [5.41, 5.74) is 4.93. The van der Waals surface area contributed by atoms with Gasteiger partial charge in [0.25, 0.3) is 0 Å². The number of nitrogens with one attached hydrogen (secondary N) is 1. The van der Waals surface area contributed by atoms with Crippen LogP contribution in [0.4, 0.5) is 0 Å². The van der Waals surface area contributed by atoms with Crippen LogP contribution in [0, 0.1) is 0 Å². The first-order valence-corrected chi connectivity index (χ1v) is 5.97. The Morgan fingerprint density at radius 2 is 2.38 bits per heavy atom. The molecule has 0 aromatic rings. The van der Waals surface area contributed by atoms with Crippen LogP contribution in [0.15, 0.2) is 0 Å². The zero-order valence-corrected chi connectivity index (χ0v) is 9.74. The number of nitrogens with two attached hydrogens (primary N) is 1. The molecule has 1 heterocycles. The number of hydrogen-bond donors (Lipinski definition) is 2. The maximum atomic E-state index is 10.3. The predicted octanol–water partition coefficient (Wildman–Crippen LogP) is 0.0371. The Bertz CT molecular complexity index is 194. The average Bonchev–Trinajstić information content (AvgIpc) is 2.74. The summed E-state index contributed by atoms with van der Waals surface area (Å²) in [6.45, 7) is 3.21. The summed E-state index contributed by atoms with van der Waals surface area (Å²) in [4.78, 5) is 10.3. The molecule has 1 saturated heterocycles. The van der Waals surface area contributed by atoms with E-state index in [1.165, 1.54) is 12.8 Å². The van der Waals surface area contributed by atoms with Gasteiger partial charge in [0.2, 0.25) is 5.91 Å². The molecule has 3 N–H and O–H groups in total. The third-order valence-electron chi connectivity index (χ3n) is 2.57. The fourth-order valence-corrected chi connectivity index (χ4v) is 1.77. The SMILES string of the molecule is NC(=O)COCCNCCCC1CCCO1. The molecule has 1 atom stereocenters. The fraction of sp³-hybridized carbons (Fsp3) is 0.909. The third kappa shape index (κ3) is 6.76. The second-order valence-electron chi connectivity index (χ2n) is 4.05. The molecule has 0 bridgehead atoms. The Hall–Kier alpha value is -0.650. The summed E-state index contributed by atoms with van der Waals surface area (Å²) in [5, 5.41) is 3.25. The zero-order valence-electron chi connectivity index (χ0n) is 9.74. The first-order chi connectivity index (χ1) is 7.79. The van der Waals surface area contributed by atoms with Crippen LogP contribution in [0.25, 0.3) is 0 Å². The zero-order chi connectivity index (χ0) is 11.6. The van der Waals surface area contributed by atoms with Gasteiger partial charge < -0.3 is 20.5 Å². The Morgan fingerprint density at radius 3 is 3.06 bits per heavy atom. The van der Waals surface area contributed by atoms with E-state index in [1.54, 1.807) is 0 Å². The highest BCUT2D eigenvalue weighted by molar-refractivity contribution is 5.74. The van der Waals surface area contributed by atoms with Gasteiger partial charge in [0.15, 0.2) is 0 Å². The molecule has 1 fully saturated rings. The van der Waals surface area contributed by atoms with Crippen molar-refractivity contribution in [1.29, 1.82) is 0 Å². The molecule has 0 aromatic carbocycles. The molecule has 0 saturated carbocycles. The van der Waals surface area contributed by atoms with Crippen LogP contribution >= 0.6 is 0 Å². The third-order valence-corrected chi connectivity index (χ3v) is 2.57. The molecule has 5 nitrogen and oxygen atoms in total. The van der Waals surface area contributed by atoms with Gasteiger partial charge in [0.1, 0.15) is 6.61 Å². The Kier molecular flexibility index (Phi) is 7.12. The summed E-state index contributed by atoms with van der Waals surface area (Å²) in [5.74, 6) is -0.418. The largest absolute Gasteiger partial charge is 0.378 e. The van der Waals surface area contributed by atoms with E-state index < -0.39 is 5.91 Å². The first-order valence-electron chi connectivity index (χ1n) is 5.97. The van der Waals surface area contributed by atoms with Crippen LogP contribution in [0.2, 0.25) is 0 Å². The molecular weight excluding hydrogens is 208 g/mol. The molecule has 1 amide bonds. The minimum absolute atomic E-state index is 0.0115. The monoisotopic (exact) mass is 230 g/mol. The topological polar surface area (TPSA) is 73.6 Å². The molecule has 5 heteroatoms. The highest BCUT2D eigenvalue weighted by atomic mass is 16.5. The van der Waals surface area contributed by atoms with Crippen molar-refractivity contribution in [3.8, 4) is 0 Å². The van der Waals surface area contributed by atoms with Crippen LogP contribution in [0.5, 0.6) is 0 Å². The molecule has 1 aliphatic heterocycles. The summed E-state index contributed by atoms with van der Waals surface area (Å²) >= 11 is 0. The van der Waals surface area contributed by atoms with Crippen LogP contribution in [0.3, 0.4) is 0 Å². The van der Waals surface area contributed by atoms with Gasteiger partial charge in [-0.2, -0.15) is 0 Å². The van der Waals surface area contributed by atoms with E-state index >= 15 is 0 Å². The molecule has 94 valence electrons. The molecule has 0 radical (unpaired) electrons. The highest BCUT2D eigenvalue weighted by Crippen LogP contribution is 2.16. The van der Waals surface area contributed by atoms with Crippen molar-refractivity contribution < 1.29 is 14.3 Å². The van der Waals surface area contributed by atoms with Crippen LogP contribution in [-0.4, -0.2) is 44.9 Å². The maximum Gasteiger partial charge on any atom is 0.243 e. The van der Waals surface area contributed by atoms with Crippen molar-refractivity contribution in [2.24, 2.45) is 5.73 Å². The number of hydrogen-bond acceptors (Lipinski definition) is 4. The highest BCUT2D eigenvalue weighted by Gasteiger charge is 2.14. The Labute approximate surface area is 96.7 Å². The summed E-state index contributed by atoms with van der Waals surface area (Å²) in [7, 11) is 0. The predicted molar refractivity (Wildman–Crippen MR) is 61.1 cm³/mol. The van der Waals surface area contributed by atoms with Gasteiger partial charge in [-0.3, -0.25) is 4.79 Å². The second-order valence-corrected chi connectivity index (χ2v) is 4.05. The van der Waals surface area contributed by atoms with Crippen molar-refractivity contribution in [2.75, 3.05) is 32.9 Å². The molecule has 0 aromatic heterocycles. The van der Waals surface area contributed by atoms with E-state index in [9.17, 15) is 4.79 Å². The van der Waals surface area contributed by atoms with E-state index in [0.717, 1.165) is 32.5 Å². The standard InChI is InChI=1S/C11H22N2O3/c12-11(14)9-15-8-6-13-5-1-3-10-4-2-7-16-10/h10,13H,1-9H2,(H2,12,14). The van der Waals surface area contributed by atoms with Crippen molar-refractivity contribution >= 4 is 5.91 Å². The van der Waals surface area contributed by atoms with Crippen molar-refractivity contribution in [2.45, 2.75) is 31.8 Å². The van der Waals surface area contributed by atoms with Crippen LogP contribution in [-0.2, 0) is 14.3 Å². The number of amides is 1. The molecule has 0 spiro atoms. The van der Waals surface area contributed by atoms with Gasteiger partial charge in [-0.1, -0.05) is 0 Å². The van der Waals surface area contributed by atoms with Gasteiger partial charge >= 0.3 is 0 Å². The fourth-order valence-electron chi connectivity index (χ4n) is 1.77. The van der Waals surface area contributed by atoms with Crippen LogP contribution < -0.4 is 11.1 Å². The number of carbonyl (C=O) groups is 1. The smallest absolute Gasteiger partial charge is 0.243 e. The number of ether oxygens (including phenoxy) is 2. The van der Waals surface area contributed by atoms with Crippen molar-refractivity contribution in [3.05, 3.63) is 0 Å². The lowest BCUT2D eigenvalue weighted by molar-refractivity contribution is -0.122. The first kappa shape index (κ1) is 13.4. The van der Waals surface area contributed by atoms with Gasteiger partial charge in [0.05, 0.1) is 12.7 Å². The van der Waals surface area contributed by atoms with Gasteiger partial charge in [0, 0.05) is 13.2 Å². The minimum Gasteiger partial charge on any atom is -0.378 e. The quantitative estimate of drug-likeness (QED) is 0.548. The summed E-state index contributed by atoms with van der Waals surface area (Å²) in [6, 6.07) is 0. The van der Waals surface area contributed by atoms with E-state index in [2.05, 4.69) is 5.32 Å². The molecular formula is C11H22N2O3. The lowest BCUT2D eigenvalue weighted by Gasteiger charge is -2.09. The second kappa shape index (κ2) is 8.50. The molecule has 1 unspecified atom stereocenters. The van der Waals surface area contributed by atoms with E-state index in [0.29, 0.717) is 12.7 Å². The molecule has 1 rings (SSSR count). The summed E-state index contributed by atoms with van der Waals surface area (Å²) in [6.07, 6.45) is 5.16. The number of carbonyl (C=O) groups excluding carboxylic acids is 1. The molecule has 1 aliphatic rings. The lowest BCUT2D eigenvalue weighted by Crippen LogP contribution is -2.25. The molecule has 16 heavy (non-hydrogen) atoms. The van der Waals surface area contributed by atoms with E-state index in [4.69, 9.17) is 15.2 Å². The van der Waals surface area contributed by atoms with Gasteiger partial charge in [-0.05, 0) is 32.2 Å².